The maximum atomic E-state index is 10.7. The number of nitrogens with zero attached hydrogens (tertiary/aromatic N) is 1. The van der Waals surface area contributed by atoms with Gasteiger partial charge in [0, 0.05) is 12.3 Å². The molecule has 5 nitrogen and oxygen atoms in total. The zero-order valence-corrected chi connectivity index (χ0v) is 7.91. The highest BCUT2D eigenvalue weighted by molar-refractivity contribution is 7.88. The molecule has 2 N–H and O–H groups in total. The van der Waals surface area contributed by atoms with Crippen LogP contribution in [0.4, 0.5) is 0 Å². The third kappa shape index (κ3) is 3.39. The van der Waals surface area contributed by atoms with Gasteiger partial charge in [-0.1, -0.05) is 0 Å². The van der Waals surface area contributed by atoms with Crippen LogP contribution in [0.15, 0.2) is 18.3 Å². The molecule has 0 aliphatic heterocycles. The summed E-state index contributed by atoms with van der Waals surface area (Å²) in [5, 5.41) is 4.85. The van der Waals surface area contributed by atoms with Crippen molar-refractivity contribution >= 4 is 10.0 Å². The van der Waals surface area contributed by atoms with Crippen molar-refractivity contribution in [3.63, 3.8) is 0 Å². The Morgan fingerprint density at radius 3 is 2.85 bits per heavy atom. The molecule has 0 fully saturated rings. The van der Waals surface area contributed by atoms with Crippen LogP contribution in [0.3, 0.4) is 0 Å². The Hall–Kier alpha value is -1.14. The average Bonchev–Trinajstić information content (AvgIpc) is 2.01. The number of methoxy groups -OCH3 is 1. The smallest absolute Gasteiger partial charge is 0.214 e. The van der Waals surface area contributed by atoms with Crippen LogP contribution >= 0.6 is 0 Å². The van der Waals surface area contributed by atoms with Crippen LogP contribution in [0.1, 0.15) is 5.69 Å². The molecule has 72 valence electrons. The number of primary sulfonamides is 1. The van der Waals surface area contributed by atoms with Gasteiger partial charge in [0.05, 0.1) is 12.8 Å². The maximum absolute atomic E-state index is 10.7. The number of sulfonamides is 1. The Balaban J connectivity index is 2.90. The first-order valence-corrected chi connectivity index (χ1v) is 5.22. The lowest BCUT2D eigenvalue weighted by Gasteiger charge is -2.01. The van der Waals surface area contributed by atoms with Gasteiger partial charge in [0.2, 0.25) is 10.0 Å². The van der Waals surface area contributed by atoms with Gasteiger partial charge in [0.15, 0.2) is 0 Å². The lowest BCUT2D eigenvalue weighted by atomic mass is 10.3. The quantitative estimate of drug-likeness (QED) is 0.740. The second-order valence-electron chi connectivity index (χ2n) is 2.49. The van der Waals surface area contributed by atoms with Gasteiger partial charge in [-0.25, -0.2) is 13.6 Å². The molecule has 0 unspecified atom stereocenters. The lowest BCUT2D eigenvalue weighted by Crippen LogP contribution is -2.15. The first kappa shape index (κ1) is 9.94. The van der Waals surface area contributed by atoms with Crippen LogP contribution in [-0.2, 0) is 15.8 Å². The molecule has 1 aromatic rings. The highest BCUT2D eigenvalue weighted by Crippen LogP contribution is 2.10. The van der Waals surface area contributed by atoms with Gasteiger partial charge in [0.1, 0.15) is 11.5 Å². The molecule has 0 saturated heterocycles. The van der Waals surface area contributed by atoms with Gasteiger partial charge >= 0.3 is 0 Å². The minimum absolute atomic E-state index is 0.274. The number of hydrogen-bond donors (Lipinski definition) is 1. The molecule has 1 rings (SSSR count). The zero-order chi connectivity index (χ0) is 9.90. The van der Waals surface area contributed by atoms with E-state index in [0.717, 1.165) is 0 Å². The zero-order valence-electron chi connectivity index (χ0n) is 7.10. The molecule has 0 amide bonds. The topological polar surface area (TPSA) is 82.3 Å². The number of nitrogens with two attached hydrogens (primary N) is 1. The molecule has 0 spiro atoms. The lowest BCUT2D eigenvalue weighted by molar-refractivity contribution is 0.413. The van der Waals surface area contributed by atoms with E-state index in [1.165, 1.54) is 19.4 Å². The fourth-order valence-electron chi connectivity index (χ4n) is 0.868. The van der Waals surface area contributed by atoms with Crippen molar-refractivity contribution in [2.45, 2.75) is 5.75 Å². The molecule has 0 atom stereocenters. The highest BCUT2D eigenvalue weighted by Gasteiger charge is 2.06. The highest BCUT2D eigenvalue weighted by atomic mass is 32.2. The Morgan fingerprint density at radius 2 is 2.31 bits per heavy atom. The fraction of sp³-hybridized carbons (Fsp3) is 0.286. The summed E-state index contributed by atoms with van der Waals surface area (Å²) in [6.07, 6.45) is 1.47. The van der Waals surface area contributed by atoms with E-state index < -0.39 is 10.0 Å². The van der Waals surface area contributed by atoms with Crippen LogP contribution in [0.2, 0.25) is 0 Å². The largest absolute Gasteiger partial charge is 0.497 e. The standard InChI is InChI=1S/C7H10N2O3S/c1-12-7-2-3-9-6(4-7)5-13(8,10)11/h2-4H,5H2,1H3,(H2,8,10,11). The number of rotatable bonds is 3. The number of ether oxygens (including phenoxy) is 1. The van der Waals surface area contributed by atoms with E-state index >= 15 is 0 Å². The van der Waals surface area contributed by atoms with Crippen LogP contribution in [0.25, 0.3) is 0 Å². The molecule has 0 bridgehead atoms. The van der Waals surface area contributed by atoms with E-state index in [4.69, 9.17) is 9.88 Å². The molecule has 6 heteroatoms. The summed E-state index contributed by atoms with van der Waals surface area (Å²) in [6.45, 7) is 0. The number of hydrogen-bond acceptors (Lipinski definition) is 4. The Labute approximate surface area is 76.6 Å². The predicted octanol–water partition coefficient (Wildman–Crippen LogP) is -0.121. The van der Waals surface area contributed by atoms with Crippen LogP contribution < -0.4 is 9.88 Å². The van der Waals surface area contributed by atoms with E-state index in [1.54, 1.807) is 6.07 Å². The van der Waals surface area contributed by atoms with Crippen molar-refractivity contribution in [1.29, 1.82) is 0 Å². The Kier molecular flexibility index (Phi) is 2.84. The fourth-order valence-corrected chi connectivity index (χ4v) is 1.44. The first-order chi connectivity index (χ1) is 6.01. The molecule has 0 saturated carbocycles. The van der Waals surface area contributed by atoms with Gasteiger partial charge in [-0.3, -0.25) is 4.98 Å². The summed E-state index contributed by atoms with van der Waals surface area (Å²) >= 11 is 0. The van der Waals surface area contributed by atoms with Crippen molar-refractivity contribution in [2.75, 3.05) is 7.11 Å². The van der Waals surface area contributed by atoms with Crippen LogP contribution in [0, 0.1) is 0 Å². The summed E-state index contributed by atoms with van der Waals surface area (Å²) < 4.78 is 26.3. The van der Waals surface area contributed by atoms with E-state index in [-0.39, 0.29) is 5.75 Å². The summed E-state index contributed by atoms with van der Waals surface area (Å²) in [5.41, 5.74) is 0.377. The molecular weight excluding hydrogens is 192 g/mol. The second-order valence-corrected chi connectivity index (χ2v) is 4.11. The Morgan fingerprint density at radius 1 is 1.62 bits per heavy atom. The summed E-state index contributed by atoms with van der Waals surface area (Å²) in [6, 6.07) is 3.16. The van der Waals surface area contributed by atoms with Crippen molar-refractivity contribution in [2.24, 2.45) is 5.14 Å². The molecule has 0 aromatic carbocycles. The molecule has 1 heterocycles. The molecule has 1 aromatic heterocycles. The molecule has 0 radical (unpaired) electrons. The third-order valence-corrected chi connectivity index (χ3v) is 2.07. The first-order valence-electron chi connectivity index (χ1n) is 3.50. The van der Waals surface area contributed by atoms with Crippen molar-refractivity contribution in [3.05, 3.63) is 24.0 Å². The van der Waals surface area contributed by atoms with E-state index in [9.17, 15) is 8.42 Å². The SMILES string of the molecule is COc1ccnc(CS(N)(=O)=O)c1. The normalized spacial score (nSPS) is 11.2. The molecule has 0 aliphatic rings. The van der Waals surface area contributed by atoms with E-state index in [1.807, 2.05) is 0 Å². The maximum Gasteiger partial charge on any atom is 0.214 e. The van der Waals surface area contributed by atoms with Gasteiger partial charge in [-0.2, -0.15) is 0 Å². The minimum atomic E-state index is -3.52. The molecule has 0 aliphatic carbocycles. The monoisotopic (exact) mass is 202 g/mol. The summed E-state index contributed by atoms with van der Waals surface area (Å²) in [7, 11) is -2.02. The van der Waals surface area contributed by atoms with Gasteiger partial charge in [-0.15, -0.1) is 0 Å². The van der Waals surface area contributed by atoms with Gasteiger partial charge < -0.3 is 4.74 Å². The number of aromatic nitrogens is 1. The van der Waals surface area contributed by atoms with Crippen LogP contribution in [0.5, 0.6) is 5.75 Å². The van der Waals surface area contributed by atoms with Crippen molar-refractivity contribution < 1.29 is 13.2 Å². The van der Waals surface area contributed by atoms with Gasteiger partial charge in [0.25, 0.3) is 0 Å². The summed E-state index contributed by atoms with van der Waals surface area (Å²) in [5.74, 6) is 0.290. The van der Waals surface area contributed by atoms with Crippen molar-refractivity contribution in [1.82, 2.24) is 4.98 Å². The van der Waals surface area contributed by atoms with Crippen LogP contribution in [-0.4, -0.2) is 20.5 Å². The van der Waals surface area contributed by atoms with Crippen molar-refractivity contribution in [3.8, 4) is 5.75 Å². The Bertz CT molecular complexity index is 388. The van der Waals surface area contributed by atoms with Gasteiger partial charge in [-0.05, 0) is 6.07 Å². The predicted molar refractivity (Wildman–Crippen MR) is 47.6 cm³/mol. The summed E-state index contributed by atoms with van der Waals surface area (Å²) in [4.78, 5) is 3.83. The second kappa shape index (κ2) is 3.71. The molecule has 13 heavy (non-hydrogen) atoms. The number of pyridine rings is 1. The van der Waals surface area contributed by atoms with E-state index in [2.05, 4.69) is 4.98 Å². The molecular formula is C7H10N2O3S. The average molecular weight is 202 g/mol. The third-order valence-electron chi connectivity index (χ3n) is 1.37. The van der Waals surface area contributed by atoms with E-state index in [0.29, 0.717) is 11.4 Å². The minimum Gasteiger partial charge on any atom is -0.497 e.